The van der Waals surface area contributed by atoms with Gasteiger partial charge in [-0.3, -0.25) is 0 Å². The summed E-state index contributed by atoms with van der Waals surface area (Å²) in [4.78, 5) is 14.6. The number of aromatic nitrogens is 3. The van der Waals surface area contributed by atoms with Crippen LogP contribution in [0.4, 0.5) is 4.79 Å². The van der Waals surface area contributed by atoms with Gasteiger partial charge in [0.2, 0.25) is 0 Å². The molecule has 2 atom stereocenters. The molecule has 0 aliphatic carbocycles. The van der Waals surface area contributed by atoms with Crippen LogP contribution in [-0.4, -0.2) is 51.0 Å². The van der Waals surface area contributed by atoms with Crippen molar-refractivity contribution in [2.45, 2.75) is 64.6 Å². The van der Waals surface area contributed by atoms with E-state index in [1.165, 1.54) is 6.42 Å². The lowest BCUT2D eigenvalue weighted by Crippen LogP contribution is -2.49. The van der Waals surface area contributed by atoms with Gasteiger partial charge >= 0.3 is 6.03 Å². The van der Waals surface area contributed by atoms with E-state index in [1.54, 1.807) is 6.33 Å². The highest BCUT2D eigenvalue weighted by atomic mass is 16.5. The fourth-order valence-corrected chi connectivity index (χ4v) is 3.02. The summed E-state index contributed by atoms with van der Waals surface area (Å²) in [5, 5.41) is 11.0. The van der Waals surface area contributed by atoms with Gasteiger partial charge in [-0.05, 0) is 46.5 Å². The minimum atomic E-state index is -0.163. The van der Waals surface area contributed by atoms with Gasteiger partial charge in [-0.2, -0.15) is 0 Å². The van der Waals surface area contributed by atoms with Gasteiger partial charge < -0.3 is 19.5 Å². The first kappa shape index (κ1) is 17.7. The Balaban J connectivity index is 1.91. The van der Waals surface area contributed by atoms with E-state index in [-0.39, 0.29) is 24.2 Å². The standard InChI is InChI=1S/C16H29N5O2/c1-12(2)23-10-8-14-7-5-6-9-21(14)16(22)18-13(3)15-19-17-11-20(15)4/h11-14H,5-10H2,1-4H3,(H,18,22)/t13-,14+/m0/s1. The van der Waals surface area contributed by atoms with Gasteiger partial charge in [0.05, 0.1) is 12.1 Å². The molecule has 1 N–H and O–H groups in total. The van der Waals surface area contributed by atoms with Crippen molar-refractivity contribution in [2.24, 2.45) is 7.05 Å². The van der Waals surface area contributed by atoms with Crippen LogP contribution in [-0.2, 0) is 11.8 Å². The molecule has 1 fully saturated rings. The molecule has 0 radical (unpaired) electrons. The van der Waals surface area contributed by atoms with Crippen LogP contribution < -0.4 is 5.32 Å². The number of carbonyl (C=O) groups excluding carboxylic acids is 1. The van der Waals surface area contributed by atoms with E-state index in [1.807, 2.05) is 37.3 Å². The van der Waals surface area contributed by atoms with Gasteiger partial charge in [-0.1, -0.05) is 0 Å². The molecule has 1 aliphatic heterocycles. The maximum absolute atomic E-state index is 12.6. The number of urea groups is 1. The Morgan fingerprint density at radius 1 is 1.43 bits per heavy atom. The summed E-state index contributed by atoms with van der Waals surface area (Å²) in [7, 11) is 1.88. The second-order valence-corrected chi connectivity index (χ2v) is 6.52. The van der Waals surface area contributed by atoms with Gasteiger partial charge in [0, 0.05) is 26.2 Å². The summed E-state index contributed by atoms with van der Waals surface area (Å²) in [5.41, 5.74) is 0. The highest BCUT2D eigenvalue weighted by molar-refractivity contribution is 5.75. The lowest BCUT2D eigenvalue weighted by Gasteiger charge is -2.36. The largest absolute Gasteiger partial charge is 0.379 e. The first-order valence-electron chi connectivity index (χ1n) is 8.51. The molecule has 130 valence electrons. The molecular weight excluding hydrogens is 294 g/mol. The highest BCUT2D eigenvalue weighted by Crippen LogP contribution is 2.21. The molecule has 0 unspecified atom stereocenters. The molecule has 0 spiro atoms. The summed E-state index contributed by atoms with van der Waals surface area (Å²) in [5.74, 6) is 0.759. The number of rotatable bonds is 6. The van der Waals surface area contributed by atoms with Crippen molar-refractivity contribution in [3.63, 3.8) is 0 Å². The van der Waals surface area contributed by atoms with Crippen molar-refractivity contribution in [1.29, 1.82) is 0 Å². The third kappa shape index (κ3) is 4.92. The average molecular weight is 323 g/mol. The van der Waals surface area contributed by atoms with Crippen LogP contribution in [0, 0.1) is 0 Å². The zero-order chi connectivity index (χ0) is 16.8. The first-order chi connectivity index (χ1) is 11.0. The van der Waals surface area contributed by atoms with Gasteiger partial charge in [0.1, 0.15) is 6.33 Å². The summed E-state index contributed by atoms with van der Waals surface area (Å²) in [6, 6.07) is 0.0773. The second-order valence-electron chi connectivity index (χ2n) is 6.52. The average Bonchev–Trinajstić information content (AvgIpc) is 2.93. The Morgan fingerprint density at radius 2 is 2.22 bits per heavy atom. The van der Waals surface area contributed by atoms with E-state index >= 15 is 0 Å². The lowest BCUT2D eigenvalue weighted by atomic mass is 10.00. The molecule has 7 nitrogen and oxygen atoms in total. The van der Waals surface area contributed by atoms with Gasteiger partial charge in [0.25, 0.3) is 0 Å². The van der Waals surface area contributed by atoms with Crippen molar-refractivity contribution in [3.05, 3.63) is 12.2 Å². The molecule has 2 amide bonds. The monoisotopic (exact) mass is 323 g/mol. The van der Waals surface area contributed by atoms with Crippen molar-refractivity contribution >= 4 is 6.03 Å². The number of likely N-dealkylation sites (tertiary alicyclic amines) is 1. The Kier molecular flexibility index (Phi) is 6.38. The number of hydrogen-bond donors (Lipinski definition) is 1. The number of amides is 2. The van der Waals surface area contributed by atoms with Crippen LogP contribution in [0.15, 0.2) is 6.33 Å². The molecule has 2 heterocycles. The van der Waals surface area contributed by atoms with Crippen LogP contribution in [0.25, 0.3) is 0 Å². The number of ether oxygens (including phenoxy) is 1. The van der Waals surface area contributed by atoms with E-state index in [9.17, 15) is 4.79 Å². The van der Waals surface area contributed by atoms with Crippen LogP contribution in [0.1, 0.15) is 58.3 Å². The smallest absolute Gasteiger partial charge is 0.318 e. The van der Waals surface area contributed by atoms with Crippen LogP contribution >= 0.6 is 0 Å². The molecular formula is C16H29N5O2. The molecule has 7 heteroatoms. The molecule has 1 aromatic heterocycles. The predicted octanol–water partition coefficient (Wildman–Crippen LogP) is 2.26. The minimum Gasteiger partial charge on any atom is -0.379 e. The number of piperidine rings is 1. The summed E-state index contributed by atoms with van der Waals surface area (Å²) in [6.07, 6.45) is 6.06. The van der Waals surface area contributed by atoms with Crippen molar-refractivity contribution in [2.75, 3.05) is 13.2 Å². The first-order valence-corrected chi connectivity index (χ1v) is 8.51. The van der Waals surface area contributed by atoms with Gasteiger partial charge in [-0.25, -0.2) is 4.79 Å². The number of nitrogens with zero attached hydrogens (tertiary/aromatic N) is 4. The molecule has 1 aliphatic rings. The maximum Gasteiger partial charge on any atom is 0.318 e. The molecule has 1 saturated heterocycles. The Labute approximate surface area is 138 Å². The molecule has 0 saturated carbocycles. The summed E-state index contributed by atoms with van der Waals surface area (Å²) in [6.45, 7) is 7.51. The Hall–Kier alpha value is -1.63. The molecule has 0 aromatic carbocycles. The van der Waals surface area contributed by atoms with Crippen LogP contribution in [0.3, 0.4) is 0 Å². The van der Waals surface area contributed by atoms with Gasteiger partial charge in [0.15, 0.2) is 5.82 Å². The third-order valence-corrected chi connectivity index (χ3v) is 4.26. The molecule has 0 bridgehead atoms. The van der Waals surface area contributed by atoms with E-state index < -0.39 is 0 Å². The summed E-state index contributed by atoms with van der Waals surface area (Å²) >= 11 is 0. The SMILES string of the molecule is CC(C)OCC[C@H]1CCCCN1C(=O)N[C@@H](C)c1nncn1C. The Bertz CT molecular complexity index is 502. The Morgan fingerprint density at radius 3 is 2.87 bits per heavy atom. The van der Waals surface area contributed by atoms with Crippen molar-refractivity contribution in [1.82, 2.24) is 25.0 Å². The van der Waals surface area contributed by atoms with E-state index in [2.05, 4.69) is 15.5 Å². The predicted molar refractivity (Wildman–Crippen MR) is 88.0 cm³/mol. The topological polar surface area (TPSA) is 72.3 Å². The number of nitrogens with one attached hydrogen (secondary N) is 1. The normalized spacial score (nSPS) is 19.9. The zero-order valence-electron chi connectivity index (χ0n) is 14.7. The van der Waals surface area contributed by atoms with Gasteiger partial charge in [-0.15, -0.1) is 10.2 Å². The molecule has 23 heavy (non-hydrogen) atoms. The lowest BCUT2D eigenvalue weighted by molar-refractivity contribution is 0.0550. The minimum absolute atomic E-state index is 0.0188. The zero-order valence-corrected chi connectivity index (χ0v) is 14.7. The van der Waals surface area contributed by atoms with Crippen molar-refractivity contribution < 1.29 is 9.53 Å². The number of carbonyl (C=O) groups is 1. The quantitative estimate of drug-likeness (QED) is 0.871. The highest BCUT2D eigenvalue weighted by Gasteiger charge is 2.28. The van der Waals surface area contributed by atoms with E-state index in [4.69, 9.17) is 4.74 Å². The van der Waals surface area contributed by atoms with E-state index in [0.717, 1.165) is 31.6 Å². The van der Waals surface area contributed by atoms with Crippen LogP contribution in [0.5, 0.6) is 0 Å². The fourth-order valence-electron chi connectivity index (χ4n) is 3.02. The van der Waals surface area contributed by atoms with Crippen LogP contribution in [0.2, 0.25) is 0 Å². The van der Waals surface area contributed by atoms with Crippen molar-refractivity contribution in [3.8, 4) is 0 Å². The number of aryl methyl sites for hydroxylation is 1. The maximum atomic E-state index is 12.6. The summed E-state index contributed by atoms with van der Waals surface area (Å²) < 4.78 is 7.48. The third-order valence-electron chi connectivity index (χ3n) is 4.26. The molecule has 2 rings (SSSR count). The molecule has 1 aromatic rings. The van der Waals surface area contributed by atoms with E-state index in [0.29, 0.717) is 6.61 Å². The second kappa shape index (κ2) is 8.29. The number of hydrogen-bond acceptors (Lipinski definition) is 4. The fraction of sp³-hybridized carbons (Fsp3) is 0.812.